The Bertz CT molecular complexity index is 572. The van der Waals surface area contributed by atoms with Crippen molar-refractivity contribution in [2.45, 2.75) is 19.2 Å². The summed E-state index contributed by atoms with van der Waals surface area (Å²) in [7, 11) is 0. The van der Waals surface area contributed by atoms with Crippen LogP contribution >= 0.6 is 0 Å². The average Bonchev–Trinajstić information content (AvgIpc) is 2.97. The summed E-state index contributed by atoms with van der Waals surface area (Å²) >= 11 is 0. The summed E-state index contributed by atoms with van der Waals surface area (Å²) < 4.78 is 1.77. The Morgan fingerprint density at radius 3 is 3.18 bits per heavy atom. The standard InChI is InChI=1S/C11H11N5O/c12-7-9-5-6-15(17-9)8-16-11-4-2-1-3-10(11)13-14-16/h1-4,9H,5-6,8H2. The average molecular weight is 229 g/mol. The van der Waals surface area contributed by atoms with Crippen LogP contribution in [0.15, 0.2) is 24.3 Å². The number of nitriles is 1. The molecule has 2 aromatic rings. The summed E-state index contributed by atoms with van der Waals surface area (Å²) in [6, 6.07) is 9.86. The summed E-state index contributed by atoms with van der Waals surface area (Å²) in [6.07, 6.45) is 0.410. The van der Waals surface area contributed by atoms with Crippen molar-refractivity contribution in [3.8, 4) is 6.07 Å². The third kappa shape index (κ3) is 1.86. The molecule has 1 aromatic carbocycles. The molecule has 0 amide bonds. The molecule has 2 heterocycles. The molecule has 1 aromatic heterocycles. The first kappa shape index (κ1) is 10.2. The molecule has 17 heavy (non-hydrogen) atoms. The number of fused-ring (bicyclic) bond motifs is 1. The van der Waals surface area contributed by atoms with Crippen molar-refractivity contribution in [1.29, 1.82) is 5.26 Å². The molecule has 0 spiro atoms. The molecule has 0 aliphatic carbocycles. The van der Waals surface area contributed by atoms with Crippen LogP contribution in [0.2, 0.25) is 0 Å². The molecular weight excluding hydrogens is 218 g/mol. The highest BCUT2D eigenvalue weighted by molar-refractivity contribution is 5.73. The quantitative estimate of drug-likeness (QED) is 0.766. The van der Waals surface area contributed by atoms with Gasteiger partial charge in [0.25, 0.3) is 0 Å². The van der Waals surface area contributed by atoms with Crippen LogP contribution < -0.4 is 0 Å². The minimum absolute atomic E-state index is 0.329. The number of aromatic nitrogens is 3. The van der Waals surface area contributed by atoms with E-state index in [1.807, 2.05) is 24.3 Å². The van der Waals surface area contributed by atoms with Crippen molar-refractivity contribution < 1.29 is 4.84 Å². The molecule has 6 heteroatoms. The van der Waals surface area contributed by atoms with E-state index in [0.29, 0.717) is 6.67 Å². The summed E-state index contributed by atoms with van der Waals surface area (Å²) in [6.45, 7) is 1.24. The lowest BCUT2D eigenvalue weighted by atomic mass is 10.3. The molecule has 1 aliphatic heterocycles. The predicted octanol–water partition coefficient (Wildman–Crippen LogP) is 0.918. The molecule has 3 rings (SSSR count). The second kappa shape index (κ2) is 4.13. The van der Waals surface area contributed by atoms with Crippen LogP contribution in [-0.4, -0.2) is 32.7 Å². The molecule has 1 aliphatic rings. The van der Waals surface area contributed by atoms with Gasteiger partial charge in [0.15, 0.2) is 6.10 Å². The van der Waals surface area contributed by atoms with Crippen molar-refractivity contribution in [3.05, 3.63) is 24.3 Å². The van der Waals surface area contributed by atoms with Crippen LogP contribution in [0.25, 0.3) is 11.0 Å². The Morgan fingerprint density at radius 2 is 2.35 bits per heavy atom. The maximum Gasteiger partial charge on any atom is 0.167 e. The maximum absolute atomic E-state index is 8.75. The second-order valence-electron chi connectivity index (χ2n) is 3.94. The van der Waals surface area contributed by atoms with Crippen molar-refractivity contribution in [3.63, 3.8) is 0 Å². The summed E-state index contributed by atoms with van der Waals surface area (Å²) in [4.78, 5) is 5.42. The van der Waals surface area contributed by atoms with Gasteiger partial charge in [0.1, 0.15) is 12.2 Å². The zero-order valence-corrected chi connectivity index (χ0v) is 9.15. The SMILES string of the molecule is N#CC1CCN(Cn2nnc3ccccc32)O1. The van der Waals surface area contributed by atoms with Crippen LogP contribution in [0.4, 0.5) is 0 Å². The zero-order chi connectivity index (χ0) is 11.7. The Labute approximate surface area is 97.9 Å². The number of benzene rings is 1. The van der Waals surface area contributed by atoms with Gasteiger partial charge in [-0.15, -0.1) is 5.10 Å². The normalized spacial score (nSPS) is 20.8. The van der Waals surface area contributed by atoms with E-state index in [2.05, 4.69) is 16.4 Å². The molecule has 1 atom stereocenters. The van der Waals surface area contributed by atoms with Gasteiger partial charge in [0.05, 0.1) is 11.6 Å². The van der Waals surface area contributed by atoms with E-state index in [1.54, 1.807) is 9.75 Å². The first-order valence-corrected chi connectivity index (χ1v) is 5.46. The van der Waals surface area contributed by atoms with Gasteiger partial charge in [-0.3, -0.25) is 4.84 Å². The molecular formula is C11H11N5O. The lowest BCUT2D eigenvalue weighted by Gasteiger charge is -2.13. The van der Waals surface area contributed by atoms with Crippen molar-refractivity contribution in [1.82, 2.24) is 20.1 Å². The molecule has 6 nitrogen and oxygen atoms in total. The highest BCUT2D eigenvalue weighted by atomic mass is 16.7. The molecule has 0 saturated carbocycles. The van der Waals surface area contributed by atoms with Crippen LogP contribution in [0.3, 0.4) is 0 Å². The van der Waals surface area contributed by atoms with Gasteiger partial charge >= 0.3 is 0 Å². The molecule has 1 unspecified atom stereocenters. The Morgan fingerprint density at radius 1 is 1.47 bits per heavy atom. The van der Waals surface area contributed by atoms with Crippen molar-refractivity contribution in [2.75, 3.05) is 6.54 Å². The minimum Gasteiger partial charge on any atom is -0.279 e. The van der Waals surface area contributed by atoms with E-state index in [0.717, 1.165) is 24.0 Å². The van der Waals surface area contributed by atoms with Crippen LogP contribution in [-0.2, 0) is 11.5 Å². The smallest absolute Gasteiger partial charge is 0.167 e. The zero-order valence-electron chi connectivity index (χ0n) is 9.15. The fourth-order valence-electron chi connectivity index (χ4n) is 1.91. The Kier molecular flexibility index (Phi) is 2.48. The molecule has 86 valence electrons. The largest absolute Gasteiger partial charge is 0.279 e. The van der Waals surface area contributed by atoms with Crippen LogP contribution in [0.5, 0.6) is 0 Å². The van der Waals surface area contributed by atoms with E-state index in [1.165, 1.54) is 0 Å². The number of hydroxylamine groups is 2. The maximum atomic E-state index is 8.75. The van der Waals surface area contributed by atoms with E-state index < -0.39 is 0 Å². The third-order valence-corrected chi connectivity index (χ3v) is 2.77. The summed E-state index contributed by atoms with van der Waals surface area (Å²) in [5.41, 5.74) is 1.83. The molecule has 0 radical (unpaired) electrons. The van der Waals surface area contributed by atoms with Gasteiger partial charge in [0.2, 0.25) is 0 Å². The minimum atomic E-state index is -0.329. The Balaban J connectivity index is 1.80. The first-order chi connectivity index (χ1) is 8.36. The lowest BCUT2D eigenvalue weighted by molar-refractivity contribution is -0.152. The molecule has 0 N–H and O–H groups in total. The molecule has 0 bridgehead atoms. The number of hydrogen-bond donors (Lipinski definition) is 0. The van der Waals surface area contributed by atoms with Gasteiger partial charge in [-0.25, -0.2) is 4.68 Å². The van der Waals surface area contributed by atoms with Gasteiger partial charge in [-0.2, -0.15) is 10.3 Å². The van der Waals surface area contributed by atoms with E-state index in [9.17, 15) is 0 Å². The van der Waals surface area contributed by atoms with E-state index in [-0.39, 0.29) is 6.10 Å². The number of hydrogen-bond acceptors (Lipinski definition) is 5. The van der Waals surface area contributed by atoms with E-state index in [4.69, 9.17) is 10.1 Å². The predicted molar refractivity (Wildman–Crippen MR) is 59.3 cm³/mol. The van der Waals surface area contributed by atoms with Crippen LogP contribution in [0.1, 0.15) is 6.42 Å². The third-order valence-electron chi connectivity index (χ3n) is 2.77. The summed E-state index contributed by atoms with van der Waals surface area (Å²) in [5.74, 6) is 0. The fourth-order valence-corrected chi connectivity index (χ4v) is 1.91. The number of nitrogens with zero attached hydrogens (tertiary/aromatic N) is 5. The Hall–Kier alpha value is -1.97. The van der Waals surface area contributed by atoms with Gasteiger partial charge in [-0.05, 0) is 12.1 Å². The van der Waals surface area contributed by atoms with E-state index >= 15 is 0 Å². The van der Waals surface area contributed by atoms with Gasteiger partial charge in [-0.1, -0.05) is 17.3 Å². The van der Waals surface area contributed by atoms with Crippen molar-refractivity contribution in [2.24, 2.45) is 0 Å². The molecule has 1 fully saturated rings. The second-order valence-corrected chi connectivity index (χ2v) is 3.94. The highest BCUT2D eigenvalue weighted by Gasteiger charge is 2.23. The topological polar surface area (TPSA) is 67.0 Å². The highest BCUT2D eigenvalue weighted by Crippen LogP contribution is 2.15. The fraction of sp³-hybridized carbons (Fsp3) is 0.364. The number of rotatable bonds is 2. The lowest BCUT2D eigenvalue weighted by Crippen LogP contribution is -2.23. The summed E-state index contributed by atoms with van der Waals surface area (Å²) in [5, 5.41) is 18.6. The van der Waals surface area contributed by atoms with Gasteiger partial charge in [0, 0.05) is 13.0 Å². The number of para-hydroxylation sites is 1. The first-order valence-electron chi connectivity index (χ1n) is 5.46. The molecule has 1 saturated heterocycles. The van der Waals surface area contributed by atoms with Crippen LogP contribution in [0, 0.1) is 11.3 Å². The monoisotopic (exact) mass is 229 g/mol. The van der Waals surface area contributed by atoms with Crippen molar-refractivity contribution >= 4 is 11.0 Å². The van der Waals surface area contributed by atoms with Gasteiger partial charge < -0.3 is 0 Å².